The Bertz CT molecular complexity index is 293. The van der Waals surface area contributed by atoms with Gasteiger partial charge in [-0.1, -0.05) is 11.6 Å². The van der Waals surface area contributed by atoms with E-state index >= 15 is 0 Å². The number of nitrogens with zero attached hydrogens (tertiary/aromatic N) is 3. The lowest BCUT2D eigenvalue weighted by molar-refractivity contribution is 1.13. The van der Waals surface area contributed by atoms with Gasteiger partial charge in [0.1, 0.15) is 9.77 Å². The van der Waals surface area contributed by atoms with Crippen molar-refractivity contribution in [2.24, 2.45) is 0 Å². The minimum Gasteiger partial charge on any atom is -0.239 e. The molecule has 0 atom stereocenters. The van der Waals surface area contributed by atoms with E-state index in [0.29, 0.717) is 3.70 Å². The zero-order chi connectivity index (χ0) is 7.56. The molecule has 0 aliphatic heterocycles. The van der Waals surface area contributed by atoms with Crippen molar-refractivity contribution < 1.29 is 0 Å². The molecule has 1 aromatic rings. The number of hydrogen-bond acceptors (Lipinski definition) is 3. The molecule has 0 unspecified atom stereocenters. The maximum atomic E-state index is 8.40. The minimum absolute atomic E-state index is 0.155. The molecule has 0 aliphatic rings. The van der Waals surface area contributed by atoms with E-state index in [9.17, 15) is 0 Å². The van der Waals surface area contributed by atoms with E-state index in [4.69, 9.17) is 16.9 Å². The van der Waals surface area contributed by atoms with Crippen molar-refractivity contribution in [1.29, 1.82) is 5.26 Å². The number of halogens is 2. The first-order valence-corrected chi connectivity index (χ1v) is 3.78. The molecular formula is C5HClIN3. The molecular weight excluding hydrogens is 264 g/mol. The molecule has 5 heteroatoms. The van der Waals surface area contributed by atoms with Crippen molar-refractivity contribution in [3.63, 3.8) is 0 Å². The Hall–Kier alpha value is -0.410. The Morgan fingerprint density at radius 1 is 1.70 bits per heavy atom. The Morgan fingerprint density at radius 2 is 2.40 bits per heavy atom. The number of hydrogen-bond donors (Lipinski definition) is 0. The van der Waals surface area contributed by atoms with Crippen molar-refractivity contribution in [2.75, 3.05) is 0 Å². The molecule has 1 rings (SSSR count). The lowest BCUT2D eigenvalue weighted by Gasteiger charge is -1.91. The quantitative estimate of drug-likeness (QED) is 0.670. The van der Waals surface area contributed by atoms with Gasteiger partial charge in [0.15, 0.2) is 10.8 Å². The lowest BCUT2D eigenvalue weighted by atomic mass is 10.5. The second-order valence-corrected chi connectivity index (χ2v) is 2.91. The average Bonchev–Trinajstić information content (AvgIpc) is 1.94. The van der Waals surface area contributed by atoms with Gasteiger partial charge in [-0.15, -0.1) is 0 Å². The first-order valence-electron chi connectivity index (χ1n) is 2.32. The van der Waals surface area contributed by atoms with Crippen LogP contribution in [0, 0.1) is 15.0 Å². The van der Waals surface area contributed by atoms with Crippen LogP contribution in [0.2, 0.25) is 5.15 Å². The highest BCUT2D eigenvalue weighted by Crippen LogP contribution is 2.09. The standard InChI is InChI=1S/C5HClIN3/c6-5-3(1-8)10-4(7)2-9-5/h2H. The molecule has 10 heavy (non-hydrogen) atoms. The van der Waals surface area contributed by atoms with E-state index in [2.05, 4.69) is 9.97 Å². The zero-order valence-corrected chi connectivity index (χ0v) is 7.59. The van der Waals surface area contributed by atoms with Crippen molar-refractivity contribution in [2.45, 2.75) is 0 Å². The van der Waals surface area contributed by atoms with E-state index in [-0.39, 0.29) is 10.8 Å². The Balaban J connectivity index is 3.25. The predicted octanol–water partition coefficient (Wildman–Crippen LogP) is 1.61. The smallest absolute Gasteiger partial charge is 0.179 e. The monoisotopic (exact) mass is 265 g/mol. The summed E-state index contributed by atoms with van der Waals surface area (Å²) in [7, 11) is 0. The van der Waals surface area contributed by atoms with Gasteiger partial charge in [0.2, 0.25) is 0 Å². The minimum atomic E-state index is 0.155. The summed E-state index contributed by atoms with van der Waals surface area (Å²) in [5, 5.41) is 8.56. The number of nitriles is 1. The summed E-state index contributed by atoms with van der Waals surface area (Å²) in [4.78, 5) is 7.54. The third-order valence-corrected chi connectivity index (χ3v) is 1.60. The molecule has 1 heterocycles. The SMILES string of the molecule is N#Cc1nc(I)cnc1Cl. The van der Waals surface area contributed by atoms with Gasteiger partial charge in [0, 0.05) is 0 Å². The molecule has 0 spiro atoms. The largest absolute Gasteiger partial charge is 0.239 e. The summed E-state index contributed by atoms with van der Waals surface area (Å²) in [6.07, 6.45) is 1.50. The number of rotatable bonds is 0. The van der Waals surface area contributed by atoms with Gasteiger partial charge in [0.05, 0.1) is 6.20 Å². The van der Waals surface area contributed by atoms with E-state index in [0.717, 1.165) is 0 Å². The molecule has 0 radical (unpaired) electrons. The number of aromatic nitrogens is 2. The zero-order valence-electron chi connectivity index (χ0n) is 4.67. The Labute approximate surface area is 76.2 Å². The first kappa shape index (κ1) is 7.69. The van der Waals surface area contributed by atoms with Crippen LogP contribution in [0.25, 0.3) is 0 Å². The van der Waals surface area contributed by atoms with Crippen LogP contribution in [0.1, 0.15) is 5.69 Å². The summed E-state index contributed by atoms with van der Waals surface area (Å²) in [5.74, 6) is 0. The van der Waals surface area contributed by atoms with E-state index in [1.165, 1.54) is 6.20 Å². The van der Waals surface area contributed by atoms with Gasteiger partial charge in [-0.3, -0.25) is 0 Å². The van der Waals surface area contributed by atoms with Crippen LogP contribution in [0.15, 0.2) is 6.20 Å². The predicted molar refractivity (Wildman–Crippen MR) is 44.5 cm³/mol. The van der Waals surface area contributed by atoms with Crippen LogP contribution in [0.5, 0.6) is 0 Å². The molecule has 0 aromatic carbocycles. The molecule has 0 amide bonds. The summed E-state index contributed by atoms with van der Waals surface area (Å²) in [6.45, 7) is 0. The van der Waals surface area contributed by atoms with E-state index in [1.807, 2.05) is 28.7 Å². The van der Waals surface area contributed by atoms with Gasteiger partial charge < -0.3 is 0 Å². The lowest BCUT2D eigenvalue weighted by Crippen LogP contribution is -1.89. The summed E-state index contributed by atoms with van der Waals surface area (Å²) >= 11 is 7.46. The van der Waals surface area contributed by atoms with Crippen molar-refractivity contribution >= 4 is 34.2 Å². The van der Waals surface area contributed by atoms with Crippen LogP contribution in [-0.4, -0.2) is 9.97 Å². The van der Waals surface area contributed by atoms with Crippen molar-refractivity contribution in [3.8, 4) is 6.07 Å². The van der Waals surface area contributed by atoms with Gasteiger partial charge in [-0.25, -0.2) is 9.97 Å². The molecule has 0 aliphatic carbocycles. The maximum Gasteiger partial charge on any atom is 0.179 e. The van der Waals surface area contributed by atoms with Crippen LogP contribution in [0.3, 0.4) is 0 Å². The first-order chi connectivity index (χ1) is 4.74. The summed E-state index contributed by atoms with van der Waals surface area (Å²) in [5.41, 5.74) is 0.175. The highest BCUT2D eigenvalue weighted by atomic mass is 127. The van der Waals surface area contributed by atoms with E-state index in [1.54, 1.807) is 0 Å². The fourth-order valence-corrected chi connectivity index (χ4v) is 0.938. The molecule has 0 saturated carbocycles. The second kappa shape index (κ2) is 3.12. The van der Waals surface area contributed by atoms with Gasteiger partial charge >= 0.3 is 0 Å². The van der Waals surface area contributed by atoms with Gasteiger partial charge in [-0.2, -0.15) is 5.26 Å². The highest BCUT2D eigenvalue weighted by molar-refractivity contribution is 14.1. The van der Waals surface area contributed by atoms with Crippen LogP contribution >= 0.6 is 34.2 Å². The maximum absolute atomic E-state index is 8.40. The normalized spacial score (nSPS) is 8.90. The Kier molecular flexibility index (Phi) is 2.40. The van der Waals surface area contributed by atoms with Crippen molar-refractivity contribution in [1.82, 2.24) is 9.97 Å². The third kappa shape index (κ3) is 1.55. The van der Waals surface area contributed by atoms with Crippen LogP contribution in [-0.2, 0) is 0 Å². The van der Waals surface area contributed by atoms with Crippen LogP contribution < -0.4 is 0 Å². The topological polar surface area (TPSA) is 49.6 Å². The van der Waals surface area contributed by atoms with Crippen molar-refractivity contribution in [3.05, 3.63) is 20.7 Å². The van der Waals surface area contributed by atoms with Gasteiger partial charge in [-0.05, 0) is 22.6 Å². The molecule has 0 bridgehead atoms. The highest BCUT2D eigenvalue weighted by Gasteiger charge is 2.00. The average molecular weight is 265 g/mol. The molecule has 0 fully saturated rings. The third-order valence-electron chi connectivity index (χ3n) is 0.804. The Morgan fingerprint density at radius 3 is 2.90 bits per heavy atom. The summed E-state index contributed by atoms with van der Waals surface area (Å²) in [6, 6.07) is 1.83. The fourth-order valence-electron chi connectivity index (χ4n) is 0.424. The van der Waals surface area contributed by atoms with Gasteiger partial charge in [0.25, 0.3) is 0 Å². The molecule has 3 nitrogen and oxygen atoms in total. The fraction of sp³-hybridized carbons (Fsp3) is 0. The van der Waals surface area contributed by atoms with E-state index < -0.39 is 0 Å². The summed E-state index contributed by atoms with van der Waals surface area (Å²) < 4.78 is 0.665. The van der Waals surface area contributed by atoms with Crippen LogP contribution in [0.4, 0.5) is 0 Å². The molecule has 50 valence electrons. The molecule has 0 N–H and O–H groups in total. The molecule has 0 saturated heterocycles. The molecule has 1 aromatic heterocycles. The second-order valence-electron chi connectivity index (χ2n) is 1.44.